The molecule has 0 saturated carbocycles. The maximum absolute atomic E-state index is 12.2. The van der Waals surface area contributed by atoms with Gasteiger partial charge in [0.05, 0.1) is 17.7 Å². The van der Waals surface area contributed by atoms with Crippen molar-refractivity contribution in [2.45, 2.75) is 20.8 Å². The van der Waals surface area contributed by atoms with Gasteiger partial charge in [-0.2, -0.15) is 11.3 Å². The Morgan fingerprint density at radius 2 is 2.00 bits per heavy atom. The van der Waals surface area contributed by atoms with Crippen LogP contribution in [0.25, 0.3) is 0 Å². The number of hydrogen-bond donors (Lipinski definition) is 1. The van der Waals surface area contributed by atoms with Crippen LogP contribution in [0.3, 0.4) is 0 Å². The number of amides is 1. The minimum atomic E-state index is -0.408. The molecule has 20 heavy (non-hydrogen) atoms. The third-order valence-corrected chi connectivity index (χ3v) is 4.51. The van der Waals surface area contributed by atoms with Crippen molar-refractivity contribution in [3.8, 4) is 0 Å². The van der Waals surface area contributed by atoms with Crippen molar-refractivity contribution >= 4 is 39.6 Å². The molecule has 0 aliphatic rings. The minimum absolute atomic E-state index is 0.198. The zero-order valence-electron chi connectivity index (χ0n) is 11.5. The summed E-state index contributed by atoms with van der Waals surface area (Å²) in [5, 5.41) is 7.06. The lowest BCUT2D eigenvalue weighted by atomic mass is 10.2. The van der Waals surface area contributed by atoms with Crippen molar-refractivity contribution in [1.82, 2.24) is 0 Å². The molecule has 1 N–H and O–H groups in total. The second-order valence-corrected chi connectivity index (χ2v) is 6.24. The van der Waals surface area contributed by atoms with Crippen molar-refractivity contribution in [2.24, 2.45) is 0 Å². The molecule has 0 atom stereocenters. The maximum Gasteiger partial charge on any atom is 0.341 e. The first-order chi connectivity index (χ1) is 9.52. The van der Waals surface area contributed by atoms with Gasteiger partial charge in [-0.1, -0.05) is 0 Å². The molecular formula is C14H15NO3S2. The van der Waals surface area contributed by atoms with Gasteiger partial charge in [0.15, 0.2) is 0 Å². The molecule has 4 nitrogen and oxygen atoms in total. The molecule has 2 heterocycles. The monoisotopic (exact) mass is 309 g/mol. The lowest BCUT2D eigenvalue weighted by Gasteiger charge is -2.05. The predicted octanol–water partition coefficient (Wildman–Crippen LogP) is 3.86. The second kappa shape index (κ2) is 6.19. The highest BCUT2D eigenvalue weighted by molar-refractivity contribution is 7.16. The molecule has 0 aromatic carbocycles. The number of esters is 1. The zero-order chi connectivity index (χ0) is 14.7. The molecule has 0 fully saturated rings. The van der Waals surface area contributed by atoms with E-state index in [1.165, 1.54) is 22.7 Å². The number of nitrogens with one attached hydrogen (secondary N) is 1. The fourth-order valence-electron chi connectivity index (χ4n) is 1.73. The van der Waals surface area contributed by atoms with Crippen LogP contribution >= 0.6 is 22.7 Å². The summed E-state index contributed by atoms with van der Waals surface area (Å²) in [5.74, 6) is -0.606. The molecule has 0 unspecified atom stereocenters. The van der Waals surface area contributed by atoms with Gasteiger partial charge in [0, 0.05) is 10.3 Å². The summed E-state index contributed by atoms with van der Waals surface area (Å²) < 4.78 is 5.00. The quantitative estimate of drug-likeness (QED) is 0.873. The van der Waals surface area contributed by atoms with Crippen molar-refractivity contribution in [3.63, 3.8) is 0 Å². The number of ether oxygens (including phenoxy) is 1. The van der Waals surface area contributed by atoms with Crippen LogP contribution in [-0.4, -0.2) is 18.5 Å². The van der Waals surface area contributed by atoms with Gasteiger partial charge in [0.25, 0.3) is 5.91 Å². The Morgan fingerprint density at radius 1 is 1.25 bits per heavy atom. The highest BCUT2D eigenvalue weighted by Crippen LogP contribution is 2.29. The first-order valence-corrected chi connectivity index (χ1v) is 7.90. The Kier molecular flexibility index (Phi) is 4.57. The van der Waals surface area contributed by atoms with Crippen LogP contribution < -0.4 is 5.32 Å². The Morgan fingerprint density at radius 3 is 2.60 bits per heavy atom. The Bertz CT molecular complexity index is 643. The molecule has 0 saturated heterocycles. The molecule has 0 aliphatic heterocycles. The van der Waals surface area contributed by atoms with E-state index in [0.717, 1.165) is 10.4 Å². The van der Waals surface area contributed by atoms with Crippen LogP contribution in [0.4, 0.5) is 5.00 Å². The van der Waals surface area contributed by atoms with Gasteiger partial charge in [-0.3, -0.25) is 4.79 Å². The van der Waals surface area contributed by atoms with Gasteiger partial charge in [-0.25, -0.2) is 4.79 Å². The number of carbonyl (C=O) groups is 2. The highest BCUT2D eigenvalue weighted by Gasteiger charge is 2.19. The zero-order valence-corrected chi connectivity index (χ0v) is 13.1. The van der Waals surface area contributed by atoms with Crippen LogP contribution in [0, 0.1) is 13.8 Å². The third-order valence-electron chi connectivity index (χ3n) is 2.68. The Balaban J connectivity index is 2.23. The average Bonchev–Trinajstić information content (AvgIpc) is 2.96. The standard InChI is InChI=1S/C14H15NO3S2/c1-4-18-14(17)10-5-9(3)20-13(10)15-12(16)11-7-19-6-8(11)2/h5-7H,4H2,1-3H3,(H,15,16). The highest BCUT2D eigenvalue weighted by atomic mass is 32.1. The lowest BCUT2D eigenvalue weighted by Crippen LogP contribution is -2.14. The summed E-state index contributed by atoms with van der Waals surface area (Å²) in [6, 6.07) is 1.73. The molecule has 0 spiro atoms. The van der Waals surface area contributed by atoms with E-state index in [0.29, 0.717) is 22.7 Å². The van der Waals surface area contributed by atoms with E-state index < -0.39 is 5.97 Å². The van der Waals surface area contributed by atoms with E-state index in [4.69, 9.17) is 4.74 Å². The minimum Gasteiger partial charge on any atom is -0.462 e. The summed E-state index contributed by atoms with van der Waals surface area (Å²) in [5.41, 5.74) is 1.98. The van der Waals surface area contributed by atoms with Gasteiger partial charge in [0.1, 0.15) is 5.00 Å². The lowest BCUT2D eigenvalue weighted by molar-refractivity contribution is 0.0528. The molecule has 6 heteroatoms. The molecule has 0 aliphatic carbocycles. The van der Waals surface area contributed by atoms with E-state index in [2.05, 4.69) is 5.32 Å². The van der Waals surface area contributed by atoms with E-state index in [-0.39, 0.29) is 5.91 Å². The molecule has 0 bridgehead atoms. The number of carbonyl (C=O) groups excluding carboxylic acids is 2. The molecule has 0 radical (unpaired) electrons. The molecule has 2 rings (SSSR count). The van der Waals surface area contributed by atoms with Crippen LogP contribution in [0.15, 0.2) is 16.8 Å². The summed E-state index contributed by atoms with van der Waals surface area (Å²) in [7, 11) is 0. The van der Waals surface area contributed by atoms with Crippen molar-refractivity contribution in [1.29, 1.82) is 0 Å². The number of rotatable bonds is 4. The number of thiophene rings is 2. The summed E-state index contributed by atoms with van der Waals surface area (Å²) in [4.78, 5) is 25.0. The molecule has 2 aromatic heterocycles. The maximum atomic E-state index is 12.2. The van der Waals surface area contributed by atoms with Crippen LogP contribution in [0.5, 0.6) is 0 Å². The van der Waals surface area contributed by atoms with Crippen molar-refractivity contribution in [2.75, 3.05) is 11.9 Å². The Hall–Kier alpha value is -1.66. The van der Waals surface area contributed by atoms with Crippen LogP contribution in [-0.2, 0) is 4.74 Å². The Labute approximate surface area is 125 Å². The number of aryl methyl sites for hydroxylation is 2. The summed E-state index contributed by atoms with van der Waals surface area (Å²) in [6.07, 6.45) is 0. The van der Waals surface area contributed by atoms with Crippen LogP contribution in [0.1, 0.15) is 38.1 Å². The van der Waals surface area contributed by atoms with Gasteiger partial charge in [-0.05, 0) is 37.8 Å². The largest absolute Gasteiger partial charge is 0.462 e. The molecule has 2 aromatic rings. The SMILES string of the molecule is CCOC(=O)c1cc(C)sc1NC(=O)c1cscc1C. The fourth-order valence-corrected chi connectivity index (χ4v) is 3.45. The van der Waals surface area contributed by atoms with E-state index in [9.17, 15) is 9.59 Å². The molecular weight excluding hydrogens is 294 g/mol. The normalized spacial score (nSPS) is 10.3. The molecule has 106 valence electrons. The first kappa shape index (κ1) is 14.7. The number of anilines is 1. The van der Waals surface area contributed by atoms with Crippen molar-refractivity contribution < 1.29 is 14.3 Å². The fraction of sp³-hybridized carbons (Fsp3) is 0.286. The van der Waals surface area contributed by atoms with Gasteiger partial charge in [0.2, 0.25) is 0 Å². The third kappa shape index (κ3) is 3.08. The molecule has 1 amide bonds. The second-order valence-electron chi connectivity index (χ2n) is 4.24. The van der Waals surface area contributed by atoms with E-state index in [1.54, 1.807) is 18.4 Å². The van der Waals surface area contributed by atoms with Gasteiger partial charge in [-0.15, -0.1) is 11.3 Å². The summed E-state index contributed by atoms with van der Waals surface area (Å²) in [6.45, 7) is 5.84. The van der Waals surface area contributed by atoms with E-state index in [1.807, 2.05) is 19.2 Å². The average molecular weight is 309 g/mol. The topological polar surface area (TPSA) is 55.4 Å². The van der Waals surface area contributed by atoms with Gasteiger partial charge >= 0.3 is 5.97 Å². The van der Waals surface area contributed by atoms with Crippen LogP contribution in [0.2, 0.25) is 0 Å². The first-order valence-electron chi connectivity index (χ1n) is 6.14. The predicted molar refractivity (Wildman–Crippen MR) is 82.0 cm³/mol. The van der Waals surface area contributed by atoms with Crippen molar-refractivity contribution in [3.05, 3.63) is 38.4 Å². The van der Waals surface area contributed by atoms with Gasteiger partial charge < -0.3 is 10.1 Å². The summed E-state index contributed by atoms with van der Waals surface area (Å²) >= 11 is 2.85. The van der Waals surface area contributed by atoms with E-state index >= 15 is 0 Å². The smallest absolute Gasteiger partial charge is 0.341 e. The number of hydrogen-bond acceptors (Lipinski definition) is 5.